The van der Waals surface area contributed by atoms with Crippen molar-refractivity contribution in [3.05, 3.63) is 58.5 Å². The summed E-state index contributed by atoms with van der Waals surface area (Å²) in [6.45, 7) is 2.60. The second-order valence-corrected chi connectivity index (χ2v) is 6.43. The van der Waals surface area contributed by atoms with Crippen LogP contribution in [0.15, 0.2) is 58.0 Å². The summed E-state index contributed by atoms with van der Waals surface area (Å²) in [5, 5.41) is 50.5. The number of aryl methyl sites for hydroxylation is 2. The van der Waals surface area contributed by atoms with Gasteiger partial charge in [-0.3, -0.25) is 0 Å². The summed E-state index contributed by atoms with van der Waals surface area (Å²) in [5.41, 5.74) is 3.07. The van der Waals surface area contributed by atoms with Gasteiger partial charge in [-0.15, -0.1) is 10.0 Å². The number of anilines is 1. The maximum atomic E-state index is 11.4. The van der Waals surface area contributed by atoms with Crippen molar-refractivity contribution in [2.45, 2.75) is 32.2 Å². The van der Waals surface area contributed by atoms with E-state index in [9.17, 15) is 20.2 Å². The maximum absolute atomic E-state index is 11.4. The fourth-order valence-electron chi connectivity index (χ4n) is 2.50. The molecule has 28 heavy (non-hydrogen) atoms. The lowest BCUT2D eigenvalue weighted by molar-refractivity contribution is -0.0731. The molecule has 0 saturated heterocycles. The molecule has 0 aromatic heterocycles. The third kappa shape index (κ3) is 5.40. The quantitative estimate of drug-likeness (QED) is 0.295. The van der Waals surface area contributed by atoms with Crippen molar-refractivity contribution in [1.29, 1.82) is 0 Å². The second-order valence-electron chi connectivity index (χ2n) is 6.43. The van der Waals surface area contributed by atoms with Crippen LogP contribution in [0.4, 0.5) is 17.1 Å². The second kappa shape index (κ2) is 10.00. The number of azo groups is 1. The van der Waals surface area contributed by atoms with Crippen molar-refractivity contribution in [2.75, 3.05) is 18.2 Å². The monoisotopic (exact) mass is 388 g/mol. The summed E-state index contributed by atoms with van der Waals surface area (Å²) in [7, 11) is 0. The molecule has 3 atom stereocenters. The molecule has 2 aromatic rings. The molecule has 2 rings (SSSR count). The van der Waals surface area contributed by atoms with E-state index in [1.165, 1.54) is 0 Å². The van der Waals surface area contributed by atoms with E-state index in [0.29, 0.717) is 17.1 Å². The van der Waals surface area contributed by atoms with Gasteiger partial charge < -0.3 is 20.4 Å². The van der Waals surface area contributed by atoms with Crippen molar-refractivity contribution >= 4 is 17.1 Å². The van der Waals surface area contributed by atoms with E-state index in [0.717, 1.165) is 16.1 Å². The van der Waals surface area contributed by atoms with Crippen LogP contribution in [0.5, 0.6) is 0 Å². The first-order valence-electron chi connectivity index (χ1n) is 8.71. The lowest BCUT2D eigenvalue weighted by Gasteiger charge is -2.26. The Morgan fingerprint density at radius 3 is 2.21 bits per heavy atom. The van der Waals surface area contributed by atoms with Crippen LogP contribution >= 0.6 is 0 Å². The van der Waals surface area contributed by atoms with Crippen LogP contribution in [-0.4, -0.2) is 51.9 Å². The number of aliphatic hydroxyl groups excluding tert-OH is 4. The fraction of sp³-hybridized carbons (Fsp3) is 0.368. The Morgan fingerprint density at radius 1 is 0.964 bits per heavy atom. The number of nitroso groups, excluding NO2 is 1. The van der Waals surface area contributed by atoms with Crippen LogP contribution in [0.25, 0.3) is 0 Å². The van der Waals surface area contributed by atoms with Gasteiger partial charge in [0.2, 0.25) is 0 Å². The minimum absolute atomic E-state index is 0.294. The van der Waals surface area contributed by atoms with E-state index < -0.39 is 31.5 Å². The van der Waals surface area contributed by atoms with Gasteiger partial charge >= 0.3 is 0 Å². The van der Waals surface area contributed by atoms with Crippen molar-refractivity contribution in [3.63, 3.8) is 0 Å². The Balaban J connectivity index is 2.34. The standard InChI is InChI=1S/C19H24N4O5/c1-12-8-15(21-20-14-6-4-3-5-7-14)16(9-13(12)2)23(22-28)10-17(25)19(27)18(26)11-24/h3-9,17-19,24-27H,10-11H2,1-2H3/t17-,18+,19-/m0/s1. The Labute approximate surface area is 162 Å². The van der Waals surface area contributed by atoms with Gasteiger partial charge in [-0.05, 0) is 49.2 Å². The smallest absolute Gasteiger partial charge is 0.111 e. The summed E-state index contributed by atoms with van der Waals surface area (Å²) in [6.07, 6.45) is -4.71. The average molecular weight is 388 g/mol. The van der Waals surface area contributed by atoms with Crippen LogP contribution < -0.4 is 5.01 Å². The molecule has 0 aliphatic carbocycles. The zero-order chi connectivity index (χ0) is 20.7. The van der Waals surface area contributed by atoms with Crippen LogP contribution in [-0.2, 0) is 0 Å². The first kappa shape index (κ1) is 21.6. The molecule has 0 fully saturated rings. The zero-order valence-corrected chi connectivity index (χ0v) is 15.7. The molecule has 0 radical (unpaired) electrons. The fourth-order valence-corrected chi connectivity index (χ4v) is 2.50. The molecule has 9 nitrogen and oxygen atoms in total. The summed E-state index contributed by atoms with van der Waals surface area (Å²) < 4.78 is 0. The minimum Gasteiger partial charge on any atom is -0.394 e. The zero-order valence-electron chi connectivity index (χ0n) is 15.7. The molecule has 0 aliphatic heterocycles. The van der Waals surface area contributed by atoms with Gasteiger partial charge in [0.25, 0.3) is 0 Å². The van der Waals surface area contributed by atoms with E-state index in [-0.39, 0.29) is 0 Å². The summed E-state index contributed by atoms with van der Waals surface area (Å²) >= 11 is 0. The number of benzene rings is 2. The first-order chi connectivity index (χ1) is 13.4. The van der Waals surface area contributed by atoms with E-state index in [4.69, 9.17) is 5.11 Å². The molecule has 0 aliphatic rings. The molecule has 0 spiro atoms. The highest BCUT2D eigenvalue weighted by atomic mass is 16.4. The van der Waals surface area contributed by atoms with Gasteiger partial charge in [-0.2, -0.15) is 5.11 Å². The van der Waals surface area contributed by atoms with Crippen molar-refractivity contribution in [2.24, 2.45) is 15.5 Å². The number of aliphatic hydroxyl groups is 4. The molecular formula is C19H24N4O5. The molecular weight excluding hydrogens is 364 g/mol. The summed E-state index contributed by atoms with van der Waals surface area (Å²) in [6, 6.07) is 12.5. The van der Waals surface area contributed by atoms with Gasteiger partial charge in [0.1, 0.15) is 24.0 Å². The first-order valence-corrected chi connectivity index (χ1v) is 8.71. The average Bonchev–Trinajstić information content (AvgIpc) is 2.72. The Morgan fingerprint density at radius 2 is 1.61 bits per heavy atom. The normalized spacial score (nSPS) is 14.6. The van der Waals surface area contributed by atoms with Crippen LogP contribution in [0.2, 0.25) is 0 Å². The van der Waals surface area contributed by atoms with E-state index in [1.807, 2.05) is 32.0 Å². The largest absolute Gasteiger partial charge is 0.394 e. The SMILES string of the molecule is Cc1cc(N=Nc2ccccc2)c(N(C[C@H](O)[C@H](O)[C@H](O)CO)N=O)cc1C. The molecule has 9 heteroatoms. The Kier molecular flexibility index (Phi) is 7.70. The van der Waals surface area contributed by atoms with Gasteiger partial charge in [0.15, 0.2) is 0 Å². The van der Waals surface area contributed by atoms with Gasteiger partial charge in [0.05, 0.1) is 29.8 Å². The van der Waals surface area contributed by atoms with E-state index in [2.05, 4.69) is 15.5 Å². The third-order valence-corrected chi connectivity index (χ3v) is 4.33. The maximum Gasteiger partial charge on any atom is 0.111 e. The van der Waals surface area contributed by atoms with Gasteiger partial charge in [-0.25, -0.2) is 5.01 Å². The van der Waals surface area contributed by atoms with Crippen LogP contribution in [0, 0.1) is 18.8 Å². The molecule has 2 aromatic carbocycles. The van der Waals surface area contributed by atoms with Gasteiger partial charge in [0, 0.05) is 0 Å². The molecule has 0 saturated carbocycles. The lowest BCUT2D eigenvalue weighted by Crippen LogP contribution is -2.44. The van der Waals surface area contributed by atoms with Gasteiger partial charge in [-0.1, -0.05) is 18.2 Å². The van der Waals surface area contributed by atoms with Crippen LogP contribution in [0.1, 0.15) is 11.1 Å². The van der Waals surface area contributed by atoms with Crippen molar-refractivity contribution in [3.8, 4) is 0 Å². The van der Waals surface area contributed by atoms with Crippen molar-refractivity contribution in [1.82, 2.24) is 0 Å². The molecule has 0 heterocycles. The predicted octanol–water partition coefficient (Wildman–Crippen LogP) is 2.28. The minimum atomic E-state index is -1.64. The number of hydrogen-bond acceptors (Lipinski definition) is 8. The molecule has 0 amide bonds. The summed E-state index contributed by atoms with van der Waals surface area (Å²) in [4.78, 5) is 11.4. The topological polar surface area (TPSA) is 138 Å². The highest BCUT2D eigenvalue weighted by Gasteiger charge is 2.27. The Hall–Kier alpha value is -2.72. The molecule has 0 unspecified atom stereocenters. The highest BCUT2D eigenvalue weighted by Crippen LogP contribution is 2.33. The highest BCUT2D eigenvalue weighted by molar-refractivity contribution is 5.69. The van der Waals surface area contributed by atoms with Crippen molar-refractivity contribution < 1.29 is 20.4 Å². The molecule has 150 valence electrons. The molecule has 4 N–H and O–H groups in total. The van der Waals surface area contributed by atoms with E-state index in [1.54, 1.807) is 24.3 Å². The number of nitrogens with zero attached hydrogens (tertiary/aromatic N) is 4. The summed E-state index contributed by atoms with van der Waals surface area (Å²) in [5.74, 6) is 0. The lowest BCUT2D eigenvalue weighted by atomic mass is 10.1. The predicted molar refractivity (Wildman–Crippen MR) is 105 cm³/mol. The van der Waals surface area contributed by atoms with E-state index >= 15 is 0 Å². The molecule has 0 bridgehead atoms. The number of rotatable bonds is 9. The third-order valence-electron chi connectivity index (χ3n) is 4.33. The van der Waals surface area contributed by atoms with Crippen LogP contribution in [0.3, 0.4) is 0 Å². The Bertz CT molecular complexity index is 815. The number of hydrogen-bond donors (Lipinski definition) is 4.